The minimum absolute atomic E-state index is 0.0624. The van der Waals surface area contributed by atoms with Crippen LogP contribution in [-0.4, -0.2) is 54.0 Å². The van der Waals surface area contributed by atoms with Crippen LogP contribution in [0.3, 0.4) is 0 Å². The number of halogens is 1. The largest absolute Gasteiger partial charge is 0.454 e. The average molecular weight is 479 g/mol. The molecule has 2 aromatic rings. The summed E-state index contributed by atoms with van der Waals surface area (Å²) in [5.74, 6) is 1.19. The fraction of sp³-hybridized carbons (Fsp3) is 0.333. The molecule has 3 heterocycles. The summed E-state index contributed by atoms with van der Waals surface area (Å²) in [5, 5.41) is 0.945. The molecule has 0 spiro atoms. The Balaban J connectivity index is 1.41. The predicted octanol–water partition coefficient (Wildman–Crippen LogP) is 2.91. The Morgan fingerprint density at radius 1 is 1.16 bits per heavy atom. The summed E-state index contributed by atoms with van der Waals surface area (Å²) in [6.07, 6.45) is 0.0925. The lowest BCUT2D eigenvalue weighted by atomic mass is 10.1. The molecule has 7 nitrogen and oxygen atoms in total. The third-order valence-electron chi connectivity index (χ3n) is 5.48. The molecule has 5 rings (SSSR count). The molecule has 2 aromatic carbocycles. The second-order valence-corrected chi connectivity index (χ2v) is 11.4. The van der Waals surface area contributed by atoms with Gasteiger partial charge in [0.25, 0.3) is 5.91 Å². The van der Waals surface area contributed by atoms with E-state index in [1.165, 1.54) is 11.8 Å². The number of amidine groups is 1. The van der Waals surface area contributed by atoms with Crippen LogP contribution in [0.5, 0.6) is 11.5 Å². The molecule has 2 atom stereocenters. The van der Waals surface area contributed by atoms with Crippen LogP contribution in [0, 0.1) is 0 Å². The number of benzene rings is 2. The zero-order valence-electron chi connectivity index (χ0n) is 16.4. The molecule has 0 radical (unpaired) electrons. The number of amides is 1. The first-order valence-electron chi connectivity index (χ1n) is 9.75. The highest BCUT2D eigenvalue weighted by Crippen LogP contribution is 2.40. The first kappa shape index (κ1) is 20.7. The highest BCUT2D eigenvalue weighted by molar-refractivity contribution is 8.15. The first-order valence-corrected chi connectivity index (χ1v) is 12.8. The van der Waals surface area contributed by atoms with Crippen LogP contribution >= 0.6 is 23.4 Å². The van der Waals surface area contributed by atoms with Gasteiger partial charge in [-0.1, -0.05) is 47.6 Å². The van der Waals surface area contributed by atoms with Crippen LogP contribution in [0.1, 0.15) is 11.1 Å². The zero-order chi connectivity index (χ0) is 21.6. The molecular formula is C21H19ClN2O5S2. The van der Waals surface area contributed by atoms with Crippen molar-refractivity contribution in [2.75, 3.05) is 18.3 Å². The number of fused-ring (bicyclic) bond motifs is 2. The van der Waals surface area contributed by atoms with Crippen molar-refractivity contribution in [3.05, 3.63) is 58.6 Å². The molecule has 0 N–H and O–H groups in total. The molecule has 0 bridgehead atoms. The maximum atomic E-state index is 12.7. The molecule has 0 saturated carbocycles. The summed E-state index contributed by atoms with van der Waals surface area (Å²) >= 11 is 7.54. The summed E-state index contributed by atoms with van der Waals surface area (Å²) in [7, 11) is -3.11. The van der Waals surface area contributed by atoms with Gasteiger partial charge < -0.3 is 14.4 Å². The normalized spacial score (nSPS) is 24.5. The summed E-state index contributed by atoms with van der Waals surface area (Å²) in [6.45, 7) is 0.614. The van der Waals surface area contributed by atoms with Gasteiger partial charge in [-0.15, -0.1) is 0 Å². The third-order valence-corrected chi connectivity index (χ3v) is 9.10. The number of carbonyl (C=O) groups excluding carboxylic acids is 1. The number of ether oxygens (including phenoxy) is 2. The lowest BCUT2D eigenvalue weighted by molar-refractivity contribution is -0.117. The van der Waals surface area contributed by atoms with Crippen LogP contribution < -0.4 is 9.47 Å². The van der Waals surface area contributed by atoms with E-state index in [1.54, 1.807) is 12.1 Å². The highest BCUT2D eigenvalue weighted by atomic mass is 35.5. The number of thioether (sulfide) groups is 1. The number of hydrogen-bond acceptors (Lipinski definition) is 6. The Morgan fingerprint density at radius 3 is 2.81 bits per heavy atom. The molecule has 0 aromatic heterocycles. The molecule has 10 heteroatoms. The summed E-state index contributed by atoms with van der Waals surface area (Å²) in [6, 6.07) is 12.6. The first-order chi connectivity index (χ1) is 14.9. The SMILES string of the molecule is O=C(Cc1ccccc1Cl)N=C1SC2CS(=O)(=O)CC2N1Cc1ccc2c(c1)OCO2. The maximum absolute atomic E-state index is 12.7. The summed E-state index contributed by atoms with van der Waals surface area (Å²) in [4.78, 5) is 19.0. The van der Waals surface area contributed by atoms with Gasteiger partial charge in [0, 0.05) is 16.8 Å². The number of rotatable bonds is 4. The molecule has 162 valence electrons. The van der Waals surface area contributed by atoms with Crippen LogP contribution in [-0.2, 0) is 27.6 Å². The Labute approximate surface area is 189 Å². The van der Waals surface area contributed by atoms with Gasteiger partial charge in [-0.3, -0.25) is 4.79 Å². The lowest BCUT2D eigenvalue weighted by Crippen LogP contribution is -2.37. The Morgan fingerprint density at radius 2 is 1.97 bits per heavy atom. The van der Waals surface area contributed by atoms with Gasteiger partial charge in [-0.25, -0.2) is 8.42 Å². The topological polar surface area (TPSA) is 85.3 Å². The van der Waals surface area contributed by atoms with Crippen LogP contribution in [0.2, 0.25) is 5.02 Å². The minimum Gasteiger partial charge on any atom is -0.454 e. The van der Waals surface area contributed by atoms with E-state index in [9.17, 15) is 13.2 Å². The molecule has 2 unspecified atom stereocenters. The van der Waals surface area contributed by atoms with Crippen molar-refractivity contribution in [1.29, 1.82) is 0 Å². The van der Waals surface area contributed by atoms with Gasteiger partial charge in [0.05, 0.1) is 24.0 Å². The molecule has 2 fully saturated rings. The molecule has 3 aliphatic rings. The van der Waals surface area contributed by atoms with Crippen molar-refractivity contribution < 1.29 is 22.7 Å². The molecule has 31 heavy (non-hydrogen) atoms. The van der Waals surface area contributed by atoms with E-state index in [2.05, 4.69) is 4.99 Å². The van der Waals surface area contributed by atoms with Crippen molar-refractivity contribution in [3.63, 3.8) is 0 Å². The number of sulfone groups is 1. The predicted molar refractivity (Wildman–Crippen MR) is 120 cm³/mol. The highest BCUT2D eigenvalue weighted by Gasteiger charge is 2.48. The Kier molecular flexibility index (Phi) is 5.35. The van der Waals surface area contributed by atoms with Crippen molar-refractivity contribution >= 4 is 44.3 Å². The summed E-state index contributed by atoms with van der Waals surface area (Å²) < 4.78 is 35.2. The van der Waals surface area contributed by atoms with Crippen molar-refractivity contribution in [2.45, 2.75) is 24.3 Å². The van der Waals surface area contributed by atoms with Crippen LogP contribution in [0.15, 0.2) is 47.5 Å². The van der Waals surface area contributed by atoms with Crippen LogP contribution in [0.4, 0.5) is 0 Å². The third kappa shape index (κ3) is 4.26. The van der Waals surface area contributed by atoms with Crippen molar-refractivity contribution in [2.24, 2.45) is 4.99 Å². The van der Waals surface area contributed by atoms with Gasteiger partial charge in [0.15, 0.2) is 26.5 Å². The fourth-order valence-electron chi connectivity index (χ4n) is 4.01. The molecule has 2 saturated heterocycles. The van der Waals surface area contributed by atoms with Gasteiger partial charge >= 0.3 is 0 Å². The van der Waals surface area contributed by atoms with E-state index in [1.807, 2.05) is 35.2 Å². The van der Waals surface area contributed by atoms with Crippen molar-refractivity contribution in [1.82, 2.24) is 4.90 Å². The van der Waals surface area contributed by atoms with Gasteiger partial charge in [-0.05, 0) is 29.3 Å². The lowest BCUT2D eigenvalue weighted by Gasteiger charge is -2.24. The average Bonchev–Trinajstić information content (AvgIpc) is 3.37. The van der Waals surface area contributed by atoms with E-state index in [0.29, 0.717) is 33.8 Å². The van der Waals surface area contributed by atoms with E-state index in [4.69, 9.17) is 21.1 Å². The van der Waals surface area contributed by atoms with Crippen molar-refractivity contribution in [3.8, 4) is 11.5 Å². The van der Waals surface area contributed by atoms with E-state index in [0.717, 1.165) is 5.56 Å². The Bertz CT molecular complexity index is 1180. The quantitative estimate of drug-likeness (QED) is 0.667. The standard InChI is InChI=1S/C21H19ClN2O5S2/c22-15-4-2-1-3-14(15)8-20(25)23-21-24(16-10-31(26,27)11-19(16)30-21)9-13-5-6-17-18(7-13)29-12-28-17/h1-7,16,19H,8-12H2. The minimum atomic E-state index is -3.11. The molecular weight excluding hydrogens is 460 g/mol. The van der Waals surface area contributed by atoms with E-state index < -0.39 is 9.84 Å². The van der Waals surface area contributed by atoms with Gasteiger partial charge in [0.2, 0.25) is 6.79 Å². The smallest absolute Gasteiger partial charge is 0.252 e. The maximum Gasteiger partial charge on any atom is 0.252 e. The van der Waals surface area contributed by atoms with Crippen LogP contribution in [0.25, 0.3) is 0 Å². The number of hydrogen-bond donors (Lipinski definition) is 0. The molecule has 1 amide bonds. The monoisotopic (exact) mass is 478 g/mol. The number of carbonyl (C=O) groups is 1. The van der Waals surface area contributed by atoms with E-state index in [-0.39, 0.29) is 41.9 Å². The number of nitrogens with zero attached hydrogens (tertiary/aromatic N) is 2. The second-order valence-electron chi connectivity index (χ2n) is 7.67. The van der Waals surface area contributed by atoms with E-state index >= 15 is 0 Å². The second kappa shape index (κ2) is 8.03. The fourth-order valence-corrected chi connectivity index (χ4v) is 8.18. The Hall–Kier alpha value is -2.23. The number of aliphatic imine (C=N–C) groups is 1. The van der Waals surface area contributed by atoms with Gasteiger partial charge in [-0.2, -0.15) is 4.99 Å². The zero-order valence-corrected chi connectivity index (χ0v) is 18.8. The summed E-state index contributed by atoms with van der Waals surface area (Å²) in [5.41, 5.74) is 1.65. The van der Waals surface area contributed by atoms with Gasteiger partial charge in [0.1, 0.15) is 0 Å². The molecule has 3 aliphatic heterocycles. The molecule has 0 aliphatic carbocycles.